The van der Waals surface area contributed by atoms with Crippen molar-refractivity contribution in [1.29, 1.82) is 0 Å². The molecule has 2 aromatic rings. The van der Waals surface area contributed by atoms with Crippen LogP contribution in [0.4, 0.5) is 4.39 Å². The first-order chi connectivity index (χ1) is 11.9. The summed E-state index contributed by atoms with van der Waals surface area (Å²) in [5.74, 6) is 0.663. The Balaban J connectivity index is 1.91. The molecule has 1 aliphatic rings. The van der Waals surface area contributed by atoms with Gasteiger partial charge in [-0.25, -0.2) is 12.8 Å². The molecule has 0 N–H and O–H groups in total. The summed E-state index contributed by atoms with van der Waals surface area (Å²) in [6.07, 6.45) is 2.08. The van der Waals surface area contributed by atoms with E-state index >= 15 is 0 Å². The molecule has 0 aliphatic heterocycles. The van der Waals surface area contributed by atoms with E-state index in [2.05, 4.69) is 0 Å². The van der Waals surface area contributed by atoms with Gasteiger partial charge in [0.25, 0.3) is 0 Å². The van der Waals surface area contributed by atoms with E-state index in [-0.39, 0.29) is 17.5 Å². The molecule has 0 bridgehead atoms. The van der Waals surface area contributed by atoms with Crippen LogP contribution in [-0.4, -0.2) is 25.9 Å². The molecule has 6 heteroatoms. The number of sulfonamides is 1. The molecular weight excluding hydrogens is 341 g/mol. The highest BCUT2D eigenvalue weighted by Gasteiger charge is 2.38. The van der Waals surface area contributed by atoms with Crippen LogP contribution < -0.4 is 4.74 Å². The maximum absolute atomic E-state index is 13.2. The average molecular weight is 363 g/mol. The van der Waals surface area contributed by atoms with Gasteiger partial charge < -0.3 is 4.74 Å². The van der Waals surface area contributed by atoms with Crippen LogP contribution in [0.15, 0.2) is 53.4 Å². The van der Waals surface area contributed by atoms with Crippen molar-refractivity contribution >= 4 is 10.0 Å². The number of hydrogen-bond donors (Lipinski definition) is 0. The van der Waals surface area contributed by atoms with E-state index in [1.165, 1.54) is 28.6 Å². The SMILES string of the molecule is COc1ccc(CN(C(C)C2CC2)S(=O)(=O)c2ccc(F)cc2)cc1. The molecule has 1 unspecified atom stereocenters. The molecule has 134 valence electrons. The second-order valence-electron chi connectivity index (χ2n) is 6.43. The normalized spacial score (nSPS) is 16.0. The van der Waals surface area contributed by atoms with Crippen LogP contribution in [0.1, 0.15) is 25.3 Å². The average Bonchev–Trinajstić information content (AvgIpc) is 3.45. The van der Waals surface area contributed by atoms with Crippen molar-refractivity contribution in [3.05, 3.63) is 59.9 Å². The zero-order valence-electron chi connectivity index (χ0n) is 14.4. The summed E-state index contributed by atoms with van der Waals surface area (Å²) in [6, 6.07) is 12.3. The molecule has 0 aromatic heterocycles. The van der Waals surface area contributed by atoms with E-state index in [1.54, 1.807) is 7.11 Å². The maximum atomic E-state index is 13.2. The highest BCUT2D eigenvalue weighted by Crippen LogP contribution is 2.38. The minimum atomic E-state index is -3.70. The molecular formula is C19H22FNO3S. The zero-order valence-corrected chi connectivity index (χ0v) is 15.2. The summed E-state index contributed by atoms with van der Waals surface area (Å²) in [5.41, 5.74) is 0.888. The van der Waals surface area contributed by atoms with Crippen molar-refractivity contribution < 1.29 is 17.5 Å². The third-order valence-corrected chi connectivity index (χ3v) is 6.62. The van der Waals surface area contributed by atoms with E-state index in [4.69, 9.17) is 4.74 Å². The highest BCUT2D eigenvalue weighted by atomic mass is 32.2. The summed E-state index contributed by atoms with van der Waals surface area (Å²) >= 11 is 0. The van der Waals surface area contributed by atoms with Gasteiger partial charge in [-0.1, -0.05) is 12.1 Å². The van der Waals surface area contributed by atoms with Gasteiger partial charge in [0.15, 0.2) is 0 Å². The number of methoxy groups -OCH3 is 1. The highest BCUT2D eigenvalue weighted by molar-refractivity contribution is 7.89. The number of nitrogens with zero attached hydrogens (tertiary/aromatic N) is 1. The number of ether oxygens (including phenoxy) is 1. The zero-order chi connectivity index (χ0) is 18.0. The quantitative estimate of drug-likeness (QED) is 0.751. The van der Waals surface area contributed by atoms with Gasteiger partial charge in [0.1, 0.15) is 11.6 Å². The molecule has 1 aliphatic carbocycles. The van der Waals surface area contributed by atoms with E-state index in [0.717, 1.165) is 24.2 Å². The number of halogens is 1. The summed E-state index contributed by atoms with van der Waals surface area (Å²) in [6.45, 7) is 2.23. The standard InChI is InChI=1S/C19H22FNO3S/c1-14(16-5-6-16)21(13-15-3-9-18(24-2)10-4-15)25(22,23)19-11-7-17(20)8-12-19/h3-4,7-12,14,16H,5-6,13H2,1-2H3. The number of rotatable bonds is 7. The van der Waals surface area contributed by atoms with Gasteiger partial charge in [0, 0.05) is 12.6 Å². The Morgan fingerprint density at radius 1 is 1.12 bits per heavy atom. The van der Waals surface area contributed by atoms with Crippen molar-refractivity contribution in [2.24, 2.45) is 5.92 Å². The van der Waals surface area contributed by atoms with Crippen LogP contribution in [-0.2, 0) is 16.6 Å². The van der Waals surface area contributed by atoms with E-state index in [9.17, 15) is 12.8 Å². The molecule has 0 radical (unpaired) electrons. The Hall–Kier alpha value is -1.92. The van der Waals surface area contributed by atoms with Gasteiger partial charge in [-0.15, -0.1) is 0 Å². The topological polar surface area (TPSA) is 46.6 Å². The fourth-order valence-electron chi connectivity index (χ4n) is 2.91. The molecule has 2 aromatic carbocycles. The Bertz CT molecular complexity index is 815. The fourth-order valence-corrected chi connectivity index (χ4v) is 4.59. The van der Waals surface area contributed by atoms with Crippen molar-refractivity contribution in [3.8, 4) is 5.75 Å². The molecule has 1 atom stereocenters. The lowest BCUT2D eigenvalue weighted by Gasteiger charge is -2.28. The van der Waals surface area contributed by atoms with Gasteiger partial charge in [-0.05, 0) is 67.6 Å². The fraction of sp³-hybridized carbons (Fsp3) is 0.368. The third-order valence-electron chi connectivity index (χ3n) is 4.68. The van der Waals surface area contributed by atoms with Crippen molar-refractivity contribution in [3.63, 3.8) is 0 Å². The number of benzene rings is 2. The molecule has 25 heavy (non-hydrogen) atoms. The minimum absolute atomic E-state index is 0.0999. The lowest BCUT2D eigenvalue weighted by molar-refractivity contribution is 0.303. The van der Waals surface area contributed by atoms with Gasteiger partial charge in [0.2, 0.25) is 10.0 Å². The molecule has 0 spiro atoms. The molecule has 0 saturated heterocycles. The summed E-state index contributed by atoms with van der Waals surface area (Å²) < 4.78 is 46.1. The summed E-state index contributed by atoms with van der Waals surface area (Å²) in [5, 5.41) is 0. The lowest BCUT2D eigenvalue weighted by atomic mass is 10.1. The summed E-state index contributed by atoms with van der Waals surface area (Å²) in [7, 11) is -2.11. The third kappa shape index (κ3) is 4.02. The van der Waals surface area contributed by atoms with Gasteiger partial charge in [0.05, 0.1) is 12.0 Å². The molecule has 3 rings (SSSR count). The second-order valence-corrected chi connectivity index (χ2v) is 8.32. The van der Waals surface area contributed by atoms with E-state index in [1.807, 2.05) is 31.2 Å². The summed E-state index contributed by atoms with van der Waals surface area (Å²) in [4.78, 5) is 0.120. The van der Waals surface area contributed by atoms with Crippen LogP contribution in [0, 0.1) is 11.7 Å². The van der Waals surface area contributed by atoms with Crippen LogP contribution in [0.25, 0.3) is 0 Å². The van der Waals surface area contributed by atoms with Crippen LogP contribution in [0.3, 0.4) is 0 Å². The first-order valence-corrected chi connectivity index (χ1v) is 9.76. The van der Waals surface area contributed by atoms with Gasteiger partial charge >= 0.3 is 0 Å². The van der Waals surface area contributed by atoms with E-state index < -0.39 is 15.8 Å². The van der Waals surface area contributed by atoms with Gasteiger partial charge in [-0.2, -0.15) is 4.31 Å². The lowest BCUT2D eigenvalue weighted by Crippen LogP contribution is -2.39. The van der Waals surface area contributed by atoms with Crippen molar-refractivity contribution in [1.82, 2.24) is 4.31 Å². The molecule has 1 saturated carbocycles. The number of hydrogen-bond acceptors (Lipinski definition) is 3. The largest absolute Gasteiger partial charge is 0.497 e. The van der Waals surface area contributed by atoms with Gasteiger partial charge in [-0.3, -0.25) is 0 Å². The monoisotopic (exact) mass is 363 g/mol. The van der Waals surface area contributed by atoms with Crippen LogP contribution >= 0.6 is 0 Å². The Morgan fingerprint density at radius 2 is 1.72 bits per heavy atom. The molecule has 0 amide bonds. The Kier molecular flexibility index (Phi) is 5.11. The molecule has 1 fully saturated rings. The van der Waals surface area contributed by atoms with Crippen LogP contribution in [0.5, 0.6) is 5.75 Å². The Labute approximate surface area is 148 Å². The van der Waals surface area contributed by atoms with E-state index in [0.29, 0.717) is 5.92 Å². The first-order valence-electron chi connectivity index (χ1n) is 8.32. The first kappa shape index (κ1) is 17.9. The van der Waals surface area contributed by atoms with Crippen molar-refractivity contribution in [2.75, 3.05) is 7.11 Å². The Morgan fingerprint density at radius 3 is 2.24 bits per heavy atom. The van der Waals surface area contributed by atoms with Crippen molar-refractivity contribution in [2.45, 2.75) is 37.2 Å². The predicted molar refractivity (Wildman–Crippen MR) is 94.3 cm³/mol. The predicted octanol–water partition coefficient (Wildman–Crippen LogP) is 3.82. The smallest absolute Gasteiger partial charge is 0.243 e. The minimum Gasteiger partial charge on any atom is -0.497 e. The maximum Gasteiger partial charge on any atom is 0.243 e. The second kappa shape index (κ2) is 7.14. The molecule has 0 heterocycles. The molecule has 4 nitrogen and oxygen atoms in total. The van der Waals surface area contributed by atoms with Crippen LogP contribution in [0.2, 0.25) is 0 Å².